The number of amides is 1. The minimum Gasteiger partial charge on any atom is -0.463 e. The number of thioether (sulfide) groups is 1. The molecule has 1 aliphatic heterocycles. The highest BCUT2D eigenvalue weighted by molar-refractivity contribution is 8.14. The summed E-state index contributed by atoms with van der Waals surface area (Å²) in [5.74, 6) is -0.0878. The number of aliphatic imine (C=N–C) groups is 1. The molecule has 0 radical (unpaired) electrons. The lowest BCUT2D eigenvalue weighted by molar-refractivity contribution is -0.138. The van der Waals surface area contributed by atoms with Crippen molar-refractivity contribution in [2.24, 2.45) is 4.99 Å². The van der Waals surface area contributed by atoms with Gasteiger partial charge < -0.3 is 15.4 Å². The van der Waals surface area contributed by atoms with E-state index in [-0.39, 0.29) is 18.3 Å². The lowest BCUT2D eigenvalue weighted by Gasteiger charge is -2.27. The van der Waals surface area contributed by atoms with Crippen LogP contribution in [0.15, 0.2) is 95.5 Å². The Morgan fingerprint density at radius 1 is 0.973 bits per heavy atom. The number of hydrogen-bond donors (Lipinski definition) is 2. The first-order chi connectivity index (χ1) is 18.0. The molecule has 1 amide bonds. The molecule has 1 heterocycles. The zero-order valence-corrected chi connectivity index (χ0v) is 22.0. The molecule has 6 nitrogen and oxygen atoms in total. The number of esters is 1. The summed E-state index contributed by atoms with van der Waals surface area (Å²) in [5.41, 5.74) is 4.70. The number of anilines is 1. The molecule has 0 saturated carbocycles. The van der Waals surface area contributed by atoms with E-state index >= 15 is 0 Å². The van der Waals surface area contributed by atoms with E-state index in [0.717, 1.165) is 22.4 Å². The van der Waals surface area contributed by atoms with Gasteiger partial charge >= 0.3 is 5.97 Å². The molecule has 0 bridgehead atoms. The Morgan fingerprint density at radius 3 is 2.30 bits per heavy atom. The first kappa shape index (κ1) is 26.2. The lowest BCUT2D eigenvalue weighted by Crippen LogP contribution is -2.31. The average Bonchev–Trinajstić information content (AvgIpc) is 2.92. The zero-order valence-electron chi connectivity index (χ0n) is 21.2. The average molecular weight is 514 g/mol. The molecule has 4 rings (SSSR count). The number of hydrogen-bond acceptors (Lipinski definition) is 6. The first-order valence-electron chi connectivity index (χ1n) is 12.4. The van der Waals surface area contributed by atoms with Gasteiger partial charge in [0.1, 0.15) is 6.04 Å². The molecular formula is C30H31N3O3S. The van der Waals surface area contributed by atoms with Crippen molar-refractivity contribution in [2.45, 2.75) is 32.7 Å². The third-order valence-corrected chi connectivity index (χ3v) is 6.78. The number of carbonyl (C=O) groups excluding carboxylic acids is 2. The Morgan fingerprint density at radius 2 is 1.62 bits per heavy atom. The van der Waals surface area contributed by atoms with Crippen LogP contribution in [0.1, 0.15) is 49.4 Å². The topological polar surface area (TPSA) is 79.8 Å². The van der Waals surface area contributed by atoms with Gasteiger partial charge in [-0.25, -0.2) is 9.79 Å². The van der Waals surface area contributed by atoms with Crippen LogP contribution in [0.3, 0.4) is 0 Å². The summed E-state index contributed by atoms with van der Waals surface area (Å²) >= 11 is 1.30. The number of nitrogens with one attached hydrogen (secondary N) is 2. The monoisotopic (exact) mass is 513 g/mol. The third kappa shape index (κ3) is 6.49. The Hall–Kier alpha value is -3.84. The van der Waals surface area contributed by atoms with E-state index in [4.69, 9.17) is 9.73 Å². The minimum atomic E-state index is -0.566. The molecule has 37 heavy (non-hydrogen) atoms. The van der Waals surface area contributed by atoms with Crippen LogP contribution >= 0.6 is 11.8 Å². The molecule has 0 unspecified atom stereocenters. The van der Waals surface area contributed by atoms with Crippen LogP contribution in [-0.2, 0) is 14.3 Å². The Bertz CT molecular complexity index is 1300. The second-order valence-electron chi connectivity index (χ2n) is 8.83. The van der Waals surface area contributed by atoms with Gasteiger partial charge in [0.25, 0.3) is 0 Å². The summed E-state index contributed by atoms with van der Waals surface area (Å²) < 4.78 is 5.44. The number of para-hydroxylation sites is 1. The van der Waals surface area contributed by atoms with Crippen LogP contribution in [-0.4, -0.2) is 29.4 Å². The molecule has 3 aromatic rings. The maximum absolute atomic E-state index is 13.2. The normalized spacial score (nSPS) is 15.1. The van der Waals surface area contributed by atoms with Gasteiger partial charge in [-0.1, -0.05) is 104 Å². The second-order valence-corrected chi connectivity index (χ2v) is 9.79. The number of amidine groups is 1. The molecule has 190 valence electrons. The molecule has 0 saturated heterocycles. The van der Waals surface area contributed by atoms with Crippen molar-refractivity contribution >= 4 is 40.2 Å². The first-order valence-corrected chi connectivity index (χ1v) is 13.3. The van der Waals surface area contributed by atoms with E-state index in [2.05, 4.69) is 24.5 Å². The summed E-state index contributed by atoms with van der Waals surface area (Å²) in [6, 6.07) is 26.6. The minimum absolute atomic E-state index is 0.125. The van der Waals surface area contributed by atoms with Crippen molar-refractivity contribution < 1.29 is 14.3 Å². The molecule has 3 aromatic carbocycles. The van der Waals surface area contributed by atoms with Crippen LogP contribution in [0, 0.1) is 0 Å². The fourth-order valence-corrected chi connectivity index (χ4v) is 4.86. The highest BCUT2D eigenvalue weighted by Gasteiger charge is 2.32. The van der Waals surface area contributed by atoms with E-state index in [9.17, 15) is 9.59 Å². The van der Waals surface area contributed by atoms with Crippen LogP contribution < -0.4 is 10.6 Å². The SMILES string of the molecule is CCOC(=O)C1=C(c2ccccc2)NC(SCC(=O)Nc2ccccc2C(C)C)=N[C@@H]1c1ccccc1. The van der Waals surface area contributed by atoms with Gasteiger partial charge in [-0.2, -0.15) is 0 Å². The summed E-state index contributed by atoms with van der Waals surface area (Å²) in [7, 11) is 0. The van der Waals surface area contributed by atoms with Gasteiger partial charge in [-0.15, -0.1) is 0 Å². The van der Waals surface area contributed by atoms with Crippen molar-refractivity contribution in [3.8, 4) is 0 Å². The van der Waals surface area contributed by atoms with Gasteiger partial charge in [-0.05, 0) is 35.6 Å². The predicted octanol–water partition coefficient (Wildman–Crippen LogP) is 6.16. The standard InChI is InChI=1S/C30H31N3O3S/c1-4-36-29(35)26-27(21-13-7-5-8-14-21)32-30(33-28(26)22-15-9-6-10-16-22)37-19-25(34)31-24-18-12-11-17-23(24)20(2)3/h5-18,20,27H,4,19H2,1-3H3,(H,31,34)(H,32,33)/t27-/m1/s1. The van der Waals surface area contributed by atoms with Gasteiger partial charge in [0.05, 0.1) is 23.6 Å². The highest BCUT2D eigenvalue weighted by Crippen LogP contribution is 2.36. The summed E-state index contributed by atoms with van der Waals surface area (Å²) in [4.78, 5) is 30.9. The molecule has 1 aliphatic rings. The maximum Gasteiger partial charge on any atom is 0.338 e. The number of benzene rings is 3. The number of rotatable bonds is 8. The van der Waals surface area contributed by atoms with Crippen molar-refractivity contribution in [3.63, 3.8) is 0 Å². The fraction of sp³-hybridized carbons (Fsp3) is 0.233. The summed E-state index contributed by atoms with van der Waals surface area (Å²) in [6.45, 7) is 6.25. The Balaban J connectivity index is 1.62. The Labute approximate surface area is 222 Å². The van der Waals surface area contributed by atoms with Crippen LogP contribution in [0.4, 0.5) is 5.69 Å². The van der Waals surface area contributed by atoms with Crippen molar-refractivity contribution in [1.82, 2.24) is 5.32 Å². The lowest BCUT2D eigenvalue weighted by atomic mass is 9.94. The van der Waals surface area contributed by atoms with Gasteiger partial charge in [-0.3, -0.25) is 4.79 Å². The van der Waals surface area contributed by atoms with Gasteiger partial charge in [0, 0.05) is 5.69 Å². The van der Waals surface area contributed by atoms with E-state index < -0.39 is 12.0 Å². The van der Waals surface area contributed by atoms with E-state index in [0.29, 0.717) is 22.4 Å². The van der Waals surface area contributed by atoms with Gasteiger partial charge in [0.15, 0.2) is 5.17 Å². The van der Waals surface area contributed by atoms with Crippen molar-refractivity contribution in [1.29, 1.82) is 0 Å². The van der Waals surface area contributed by atoms with E-state index in [1.54, 1.807) is 6.92 Å². The molecule has 2 N–H and O–H groups in total. The number of carbonyl (C=O) groups is 2. The molecule has 0 aliphatic carbocycles. The molecular weight excluding hydrogens is 482 g/mol. The number of ether oxygens (including phenoxy) is 1. The molecule has 0 aromatic heterocycles. The fourth-order valence-electron chi connectivity index (χ4n) is 4.16. The predicted molar refractivity (Wildman–Crippen MR) is 151 cm³/mol. The zero-order chi connectivity index (χ0) is 26.2. The molecule has 1 atom stereocenters. The van der Waals surface area contributed by atoms with E-state index in [1.807, 2.05) is 84.9 Å². The summed E-state index contributed by atoms with van der Waals surface area (Å²) in [6.07, 6.45) is 0. The summed E-state index contributed by atoms with van der Waals surface area (Å²) in [5, 5.41) is 6.91. The quantitative estimate of drug-likeness (QED) is 0.353. The van der Waals surface area contributed by atoms with Crippen LogP contribution in [0.2, 0.25) is 0 Å². The van der Waals surface area contributed by atoms with Crippen LogP contribution in [0.25, 0.3) is 5.70 Å². The third-order valence-electron chi connectivity index (χ3n) is 5.89. The number of nitrogens with zero attached hydrogens (tertiary/aromatic N) is 1. The van der Waals surface area contributed by atoms with Crippen LogP contribution in [0.5, 0.6) is 0 Å². The van der Waals surface area contributed by atoms with Crippen molar-refractivity contribution in [3.05, 3.63) is 107 Å². The molecule has 7 heteroatoms. The highest BCUT2D eigenvalue weighted by atomic mass is 32.2. The van der Waals surface area contributed by atoms with Crippen molar-refractivity contribution in [2.75, 3.05) is 17.7 Å². The van der Waals surface area contributed by atoms with E-state index in [1.165, 1.54) is 11.8 Å². The maximum atomic E-state index is 13.2. The van der Waals surface area contributed by atoms with Gasteiger partial charge in [0.2, 0.25) is 5.91 Å². The smallest absolute Gasteiger partial charge is 0.338 e. The largest absolute Gasteiger partial charge is 0.463 e. The second kappa shape index (κ2) is 12.4. The molecule has 0 fully saturated rings. The Kier molecular flexibility index (Phi) is 8.80. The molecule has 0 spiro atoms.